The normalized spacial score (nSPS) is 13.2. The number of ketones is 1. The van der Waals surface area contributed by atoms with Crippen molar-refractivity contribution in [3.63, 3.8) is 0 Å². The second-order valence-corrected chi connectivity index (χ2v) is 7.73. The van der Waals surface area contributed by atoms with Crippen molar-refractivity contribution in [1.82, 2.24) is 0 Å². The van der Waals surface area contributed by atoms with Gasteiger partial charge in [0.2, 0.25) is 0 Å². The van der Waals surface area contributed by atoms with Crippen molar-refractivity contribution in [2.75, 3.05) is 7.11 Å². The van der Waals surface area contributed by atoms with Gasteiger partial charge in [0.15, 0.2) is 0 Å². The monoisotopic (exact) mass is 360 g/mol. The van der Waals surface area contributed by atoms with Gasteiger partial charge in [0, 0.05) is 20.1 Å². The Morgan fingerprint density at radius 2 is 1.54 bits per heavy atom. The fourth-order valence-corrected chi connectivity index (χ4v) is 3.07. The van der Waals surface area contributed by atoms with Crippen LogP contribution in [0.2, 0.25) is 0 Å². The number of Topliss-reactive ketones (excluding diaryl/α,β-unsaturated/α-hetero) is 1. The third-order valence-corrected chi connectivity index (χ3v) is 5.48. The molecule has 24 heavy (non-hydrogen) atoms. The first-order valence-electron chi connectivity index (χ1n) is 7.61. The summed E-state index contributed by atoms with van der Waals surface area (Å²) in [5.74, 6) is -1.48. The summed E-state index contributed by atoms with van der Waals surface area (Å²) in [6.45, 7) is 4.22. The van der Waals surface area contributed by atoms with Crippen molar-refractivity contribution < 1.29 is 14.3 Å². The first-order chi connectivity index (χ1) is 11.4. The van der Waals surface area contributed by atoms with Gasteiger partial charge in [-0.15, -0.1) is 0 Å². The number of rotatable bonds is 6. The van der Waals surface area contributed by atoms with Crippen LogP contribution in [0.4, 0.5) is 0 Å². The highest BCUT2D eigenvalue weighted by Gasteiger charge is 2.19. The zero-order valence-electron chi connectivity index (χ0n) is 13.9. The lowest BCUT2D eigenvalue weighted by atomic mass is 9.98. The minimum absolute atomic E-state index is 0.126. The number of thiol groups is 1. The van der Waals surface area contributed by atoms with E-state index in [0.717, 1.165) is 16.2 Å². The predicted molar refractivity (Wildman–Crippen MR) is 100.0 cm³/mol. The lowest BCUT2D eigenvalue weighted by Gasteiger charge is -2.22. The van der Waals surface area contributed by atoms with Crippen LogP contribution in [-0.2, 0) is 14.3 Å². The Labute approximate surface area is 152 Å². The summed E-state index contributed by atoms with van der Waals surface area (Å²) in [4.78, 5) is 25.1. The Kier molecular flexibility index (Phi) is 6.13. The topological polar surface area (TPSA) is 43.4 Å². The molecule has 1 atom stereocenters. The van der Waals surface area contributed by atoms with Crippen LogP contribution >= 0.6 is 24.4 Å². The van der Waals surface area contributed by atoms with Crippen LogP contribution in [0.25, 0.3) is 0 Å². The van der Waals surface area contributed by atoms with Crippen molar-refractivity contribution in [3.05, 3.63) is 59.7 Å². The van der Waals surface area contributed by atoms with Crippen molar-refractivity contribution in [1.29, 1.82) is 0 Å². The van der Waals surface area contributed by atoms with Crippen LogP contribution in [-0.4, -0.2) is 18.9 Å². The van der Waals surface area contributed by atoms with E-state index in [2.05, 4.69) is 55.5 Å². The Morgan fingerprint density at radius 1 is 1.04 bits per heavy atom. The molecule has 0 amide bonds. The van der Waals surface area contributed by atoms with E-state index in [1.165, 1.54) is 12.7 Å². The standard InChI is InChI=1S/C19H20O3S2/c1-4-19(2,23)14-7-11-16(12-8-14)24-15-9-5-13(6-10-15)17(20)18(21)22-3/h5-12,23H,4H2,1-3H3. The highest BCUT2D eigenvalue weighted by atomic mass is 32.2. The van der Waals surface area contributed by atoms with E-state index in [1.54, 1.807) is 23.9 Å². The SMILES string of the molecule is CCC(C)(S)c1ccc(Sc2ccc(C(=O)C(=O)OC)cc2)cc1. The fraction of sp³-hybridized carbons (Fsp3) is 0.263. The Hall–Kier alpha value is -1.72. The van der Waals surface area contributed by atoms with Gasteiger partial charge >= 0.3 is 5.97 Å². The van der Waals surface area contributed by atoms with E-state index < -0.39 is 11.8 Å². The average molecular weight is 361 g/mol. The smallest absolute Gasteiger partial charge is 0.379 e. The molecule has 3 nitrogen and oxygen atoms in total. The van der Waals surface area contributed by atoms with Crippen LogP contribution in [0.1, 0.15) is 36.2 Å². The maximum atomic E-state index is 11.7. The van der Waals surface area contributed by atoms with Gasteiger partial charge in [0.05, 0.1) is 7.11 Å². The average Bonchev–Trinajstić information content (AvgIpc) is 2.61. The Bertz CT molecular complexity index is 719. The highest BCUT2D eigenvalue weighted by Crippen LogP contribution is 2.34. The molecule has 0 spiro atoms. The number of hydrogen-bond donors (Lipinski definition) is 1. The molecular weight excluding hydrogens is 340 g/mol. The fourth-order valence-electron chi connectivity index (χ4n) is 2.11. The second-order valence-electron chi connectivity index (χ2n) is 5.60. The molecule has 2 aromatic carbocycles. The molecule has 0 heterocycles. The first kappa shape index (κ1) is 18.6. The highest BCUT2D eigenvalue weighted by molar-refractivity contribution is 7.99. The number of methoxy groups -OCH3 is 1. The molecule has 2 rings (SSSR count). The van der Waals surface area contributed by atoms with Gasteiger partial charge in [-0.25, -0.2) is 4.79 Å². The number of esters is 1. The molecule has 0 saturated carbocycles. The van der Waals surface area contributed by atoms with E-state index in [4.69, 9.17) is 0 Å². The summed E-state index contributed by atoms with van der Waals surface area (Å²) in [6, 6.07) is 15.2. The van der Waals surface area contributed by atoms with Crippen LogP contribution < -0.4 is 0 Å². The maximum absolute atomic E-state index is 11.7. The number of carbonyl (C=O) groups excluding carboxylic acids is 2. The zero-order valence-corrected chi connectivity index (χ0v) is 15.6. The van der Waals surface area contributed by atoms with E-state index in [9.17, 15) is 9.59 Å². The summed E-state index contributed by atoms with van der Waals surface area (Å²) in [5, 5.41) is 0. The largest absolute Gasteiger partial charge is 0.463 e. The molecule has 0 radical (unpaired) electrons. The lowest BCUT2D eigenvalue weighted by molar-refractivity contribution is -0.135. The van der Waals surface area contributed by atoms with Gasteiger partial charge in [0.25, 0.3) is 5.78 Å². The molecule has 126 valence electrons. The molecule has 5 heteroatoms. The number of carbonyl (C=O) groups is 2. The third kappa shape index (κ3) is 4.42. The number of hydrogen-bond acceptors (Lipinski definition) is 5. The van der Waals surface area contributed by atoms with Crippen LogP contribution in [0.15, 0.2) is 58.3 Å². The molecule has 0 aliphatic heterocycles. The second kappa shape index (κ2) is 7.90. The minimum Gasteiger partial charge on any atom is -0.463 e. The van der Waals surface area contributed by atoms with Gasteiger partial charge in [-0.1, -0.05) is 30.8 Å². The van der Waals surface area contributed by atoms with Gasteiger partial charge in [-0.3, -0.25) is 4.79 Å². The van der Waals surface area contributed by atoms with Crippen LogP contribution in [0.5, 0.6) is 0 Å². The van der Waals surface area contributed by atoms with Gasteiger partial charge in [-0.2, -0.15) is 12.6 Å². The summed E-state index contributed by atoms with van der Waals surface area (Å²) in [6.07, 6.45) is 0.957. The van der Waals surface area contributed by atoms with E-state index in [0.29, 0.717) is 5.56 Å². The lowest BCUT2D eigenvalue weighted by Crippen LogP contribution is -2.15. The minimum atomic E-state index is -0.850. The molecule has 0 fully saturated rings. The third-order valence-electron chi connectivity index (χ3n) is 3.89. The summed E-state index contributed by atoms with van der Waals surface area (Å²) in [5.41, 5.74) is 1.52. The van der Waals surface area contributed by atoms with E-state index in [1.807, 2.05) is 12.1 Å². The summed E-state index contributed by atoms with van der Waals surface area (Å²) < 4.78 is 4.31. The van der Waals surface area contributed by atoms with Crippen molar-refractivity contribution in [3.8, 4) is 0 Å². The molecule has 0 N–H and O–H groups in total. The van der Waals surface area contributed by atoms with E-state index in [-0.39, 0.29) is 4.75 Å². The molecule has 1 unspecified atom stereocenters. The summed E-state index contributed by atoms with van der Waals surface area (Å²) >= 11 is 6.28. The summed E-state index contributed by atoms with van der Waals surface area (Å²) in [7, 11) is 1.20. The molecule has 0 aliphatic carbocycles. The zero-order chi connectivity index (χ0) is 17.7. The molecular formula is C19H20O3S2. The first-order valence-corrected chi connectivity index (χ1v) is 8.87. The maximum Gasteiger partial charge on any atom is 0.379 e. The molecule has 0 aliphatic rings. The van der Waals surface area contributed by atoms with Gasteiger partial charge in [-0.05, 0) is 55.3 Å². The predicted octanol–water partition coefficient (Wildman–Crippen LogP) is 4.75. The molecule has 2 aromatic rings. The molecule has 0 bridgehead atoms. The quantitative estimate of drug-likeness (QED) is 0.349. The van der Waals surface area contributed by atoms with E-state index >= 15 is 0 Å². The number of benzene rings is 2. The Balaban J connectivity index is 2.09. The van der Waals surface area contributed by atoms with Crippen molar-refractivity contribution in [2.24, 2.45) is 0 Å². The van der Waals surface area contributed by atoms with Crippen LogP contribution in [0, 0.1) is 0 Å². The van der Waals surface area contributed by atoms with Crippen molar-refractivity contribution in [2.45, 2.75) is 34.8 Å². The molecule has 0 saturated heterocycles. The van der Waals surface area contributed by atoms with Crippen LogP contribution in [0.3, 0.4) is 0 Å². The molecule has 0 aromatic heterocycles. The Morgan fingerprint density at radius 3 is 2.00 bits per heavy atom. The van der Waals surface area contributed by atoms with Gasteiger partial charge in [0.1, 0.15) is 0 Å². The van der Waals surface area contributed by atoms with Crippen molar-refractivity contribution >= 4 is 36.1 Å². The van der Waals surface area contributed by atoms with Gasteiger partial charge < -0.3 is 4.74 Å². The number of ether oxygens (including phenoxy) is 1.